The highest BCUT2D eigenvalue weighted by Gasteiger charge is 2.39. The van der Waals surface area contributed by atoms with Crippen LogP contribution in [0.2, 0.25) is 0 Å². The average molecular weight is 247 g/mol. The van der Waals surface area contributed by atoms with Crippen LogP contribution < -0.4 is 0 Å². The zero-order valence-electron chi connectivity index (χ0n) is 9.80. The minimum Gasteiger partial charge on any atom is -0.392 e. The molecule has 0 aromatic heterocycles. The molecule has 1 saturated carbocycles. The van der Waals surface area contributed by atoms with E-state index in [0.29, 0.717) is 24.1 Å². The van der Waals surface area contributed by atoms with Gasteiger partial charge >= 0.3 is 0 Å². The molecule has 0 spiro atoms. The molecule has 94 valence electrons. The van der Waals surface area contributed by atoms with Crippen LogP contribution in [0.1, 0.15) is 32.6 Å². The molecule has 5 heteroatoms. The van der Waals surface area contributed by atoms with Crippen LogP contribution in [0.25, 0.3) is 0 Å². The van der Waals surface area contributed by atoms with E-state index in [4.69, 9.17) is 0 Å². The van der Waals surface area contributed by atoms with Crippen molar-refractivity contribution in [2.45, 2.75) is 50.8 Å². The van der Waals surface area contributed by atoms with Crippen molar-refractivity contribution in [1.82, 2.24) is 4.90 Å². The van der Waals surface area contributed by atoms with Crippen molar-refractivity contribution in [2.75, 3.05) is 18.1 Å². The van der Waals surface area contributed by atoms with Gasteiger partial charge in [-0.15, -0.1) is 0 Å². The van der Waals surface area contributed by atoms with Crippen LogP contribution >= 0.6 is 0 Å². The maximum Gasteiger partial charge on any atom is 0.151 e. The van der Waals surface area contributed by atoms with Crippen LogP contribution in [0.4, 0.5) is 0 Å². The number of hydrogen-bond donors (Lipinski definition) is 1. The highest BCUT2D eigenvalue weighted by molar-refractivity contribution is 7.91. The normalized spacial score (nSPS) is 30.8. The number of aliphatic hydroxyl groups excluding tert-OH is 1. The zero-order valence-corrected chi connectivity index (χ0v) is 10.6. The lowest BCUT2D eigenvalue weighted by Gasteiger charge is -2.29. The lowest BCUT2D eigenvalue weighted by molar-refractivity contribution is 0.0849. The second-order valence-corrected chi connectivity index (χ2v) is 7.28. The van der Waals surface area contributed by atoms with Crippen molar-refractivity contribution in [2.24, 2.45) is 0 Å². The molecule has 1 unspecified atom stereocenters. The number of sulfone groups is 1. The molecule has 0 aromatic carbocycles. The Labute approximate surface area is 97.6 Å². The minimum atomic E-state index is -2.81. The molecule has 0 radical (unpaired) electrons. The van der Waals surface area contributed by atoms with Gasteiger partial charge in [0.25, 0.3) is 0 Å². The van der Waals surface area contributed by atoms with E-state index in [9.17, 15) is 13.5 Å². The summed E-state index contributed by atoms with van der Waals surface area (Å²) in [5.41, 5.74) is 0. The maximum atomic E-state index is 11.5. The van der Waals surface area contributed by atoms with Gasteiger partial charge in [-0.3, -0.25) is 4.90 Å². The maximum absolute atomic E-state index is 11.5. The van der Waals surface area contributed by atoms with Crippen LogP contribution in [0.15, 0.2) is 0 Å². The summed E-state index contributed by atoms with van der Waals surface area (Å²) < 4.78 is 22.9. The van der Waals surface area contributed by atoms with Crippen LogP contribution in [0, 0.1) is 0 Å². The molecular weight excluding hydrogens is 226 g/mol. The smallest absolute Gasteiger partial charge is 0.151 e. The Morgan fingerprint density at radius 2 is 2.00 bits per heavy atom. The molecule has 16 heavy (non-hydrogen) atoms. The van der Waals surface area contributed by atoms with E-state index in [0.717, 1.165) is 25.7 Å². The predicted molar refractivity (Wildman–Crippen MR) is 63.1 cm³/mol. The third-order valence-corrected chi connectivity index (χ3v) is 5.34. The summed E-state index contributed by atoms with van der Waals surface area (Å²) >= 11 is 0. The van der Waals surface area contributed by atoms with Gasteiger partial charge in [0.1, 0.15) is 0 Å². The SMILES string of the molecule is CC[C@@H](O)CN(C1CC1)C1CCS(=O)(=O)C1. The molecule has 1 heterocycles. The van der Waals surface area contributed by atoms with E-state index in [2.05, 4.69) is 4.90 Å². The third kappa shape index (κ3) is 2.96. The number of hydrogen-bond acceptors (Lipinski definition) is 4. The summed E-state index contributed by atoms with van der Waals surface area (Å²) in [6, 6.07) is 0.679. The summed E-state index contributed by atoms with van der Waals surface area (Å²) in [7, 11) is -2.81. The molecule has 2 rings (SSSR count). The largest absolute Gasteiger partial charge is 0.392 e. The van der Waals surface area contributed by atoms with Crippen molar-refractivity contribution < 1.29 is 13.5 Å². The van der Waals surface area contributed by atoms with E-state index < -0.39 is 9.84 Å². The van der Waals surface area contributed by atoms with Crippen molar-refractivity contribution in [3.63, 3.8) is 0 Å². The summed E-state index contributed by atoms with van der Waals surface area (Å²) in [6.45, 7) is 2.60. The first-order chi connectivity index (χ1) is 7.52. The van der Waals surface area contributed by atoms with Gasteiger partial charge in [-0.1, -0.05) is 6.92 Å². The highest BCUT2D eigenvalue weighted by atomic mass is 32.2. The van der Waals surface area contributed by atoms with Crippen LogP contribution in [0.5, 0.6) is 0 Å². The molecule has 0 amide bonds. The average Bonchev–Trinajstić information content (AvgIpc) is 2.99. The van der Waals surface area contributed by atoms with Gasteiger partial charge in [-0.2, -0.15) is 0 Å². The summed E-state index contributed by atoms with van der Waals surface area (Å²) in [4.78, 5) is 2.23. The Balaban J connectivity index is 1.97. The molecule has 0 bridgehead atoms. The zero-order chi connectivity index (χ0) is 11.8. The quantitative estimate of drug-likeness (QED) is 0.764. The van der Waals surface area contributed by atoms with Gasteiger partial charge in [0, 0.05) is 18.6 Å². The molecule has 2 atom stereocenters. The van der Waals surface area contributed by atoms with E-state index >= 15 is 0 Å². The summed E-state index contributed by atoms with van der Waals surface area (Å²) in [5, 5.41) is 9.70. The predicted octanol–water partition coefficient (Wildman–Crippen LogP) is 0.409. The fourth-order valence-corrected chi connectivity index (χ4v) is 4.15. The van der Waals surface area contributed by atoms with E-state index in [1.54, 1.807) is 0 Å². The lowest BCUT2D eigenvalue weighted by atomic mass is 10.1. The minimum absolute atomic E-state index is 0.152. The van der Waals surface area contributed by atoms with E-state index in [1.165, 1.54) is 0 Å². The topological polar surface area (TPSA) is 57.6 Å². The molecule has 1 N–H and O–H groups in total. The van der Waals surface area contributed by atoms with Crippen LogP contribution in [-0.2, 0) is 9.84 Å². The van der Waals surface area contributed by atoms with Crippen molar-refractivity contribution in [3.8, 4) is 0 Å². The fourth-order valence-electron chi connectivity index (χ4n) is 2.41. The summed E-state index contributed by atoms with van der Waals surface area (Å²) in [5.74, 6) is 0.614. The van der Waals surface area contributed by atoms with Crippen molar-refractivity contribution >= 4 is 9.84 Å². The monoisotopic (exact) mass is 247 g/mol. The third-order valence-electron chi connectivity index (χ3n) is 3.59. The lowest BCUT2D eigenvalue weighted by Crippen LogP contribution is -2.42. The Bertz CT molecular complexity index is 337. The molecular formula is C11H21NO3S. The molecule has 2 aliphatic rings. The van der Waals surface area contributed by atoms with Crippen molar-refractivity contribution in [3.05, 3.63) is 0 Å². The number of aliphatic hydroxyl groups is 1. The highest BCUT2D eigenvalue weighted by Crippen LogP contribution is 2.32. The van der Waals surface area contributed by atoms with Crippen molar-refractivity contribution in [1.29, 1.82) is 0 Å². The number of rotatable bonds is 5. The van der Waals surface area contributed by atoms with Crippen LogP contribution in [0.3, 0.4) is 0 Å². The fraction of sp³-hybridized carbons (Fsp3) is 1.00. The Kier molecular flexibility index (Phi) is 3.56. The van der Waals surface area contributed by atoms with Gasteiger partial charge in [0.15, 0.2) is 9.84 Å². The second-order valence-electron chi connectivity index (χ2n) is 5.05. The first-order valence-electron chi connectivity index (χ1n) is 6.16. The second kappa shape index (κ2) is 4.63. The molecule has 2 fully saturated rings. The Hall–Kier alpha value is -0.130. The summed E-state index contributed by atoms with van der Waals surface area (Å²) in [6.07, 6.45) is 3.49. The molecule has 4 nitrogen and oxygen atoms in total. The molecule has 1 aliphatic carbocycles. The first-order valence-corrected chi connectivity index (χ1v) is 7.98. The molecule has 1 aliphatic heterocycles. The molecule has 0 aromatic rings. The number of nitrogens with zero attached hydrogens (tertiary/aromatic N) is 1. The van der Waals surface area contributed by atoms with E-state index in [1.807, 2.05) is 6.92 Å². The van der Waals surface area contributed by atoms with E-state index in [-0.39, 0.29) is 12.1 Å². The standard InChI is InChI=1S/C11H21NO3S/c1-2-11(13)7-12(9-3-4-9)10-5-6-16(14,15)8-10/h9-11,13H,2-8H2,1H3/t10?,11-/m1/s1. The van der Waals surface area contributed by atoms with Gasteiger partial charge in [0.2, 0.25) is 0 Å². The van der Waals surface area contributed by atoms with Gasteiger partial charge in [0.05, 0.1) is 17.6 Å². The molecule has 1 saturated heterocycles. The Morgan fingerprint density at radius 1 is 1.31 bits per heavy atom. The van der Waals surface area contributed by atoms with Crippen LogP contribution in [-0.4, -0.2) is 54.7 Å². The van der Waals surface area contributed by atoms with Gasteiger partial charge in [-0.25, -0.2) is 8.42 Å². The Morgan fingerprint density at radius 3 is 2.44 bits per heavy atom. The first kappa shape index (κ1) is 12.3. The van der Waals surface area contributed by atoms with Gasteiger partial charge in [-0.05, 0) is 25.7 Å². The van der Waals surface area contributed by atoms with Gasteiger partial charge < -0.3 is 5.11 Å².